The summed E-state index contributed by atoms with van der Waals surface area (Å²) in [5, 5.41) is 10.8. The summed E-state index contributed by atoms with van der Waals surface area (Å²) in [6.07, 6.45) is 1.46. The van der Waals surface area contributed by atoms with Crippen LogP contribution in [0, 0.1) is 5.82 Å². The number of carbonyl (C=O) groups excluding carboxylic acids is 1. The average molecular weight is 470 g/mol. The van der Waals surface area contributed by atoms with Crippen molar-refractivity contribution in [1.29, 1.82) is 0 Å². The quantitative estimate of drug-likeness (QED) is 0.429. The van der Waals surface area contributed by atoms with E-state index >= 15 is 0 Å². The molecule has 170 valence electrons. The number of aromatic nitrogens is 4. The van der Waals surface area contributed by atoms with Gasteiger partial charge >= 0.3 is 6.18 Å². The third-order valence-corrected chi connectivity index (χ3v) is 5.69. The minimum atomic E-state index is -4.56. The molecule has 0 spiro atoms. The summed E-state index contributed by atoms with van der Waals surface area (Å²) in [6.45, 7) is -0.0655. The second kappa shape index (κ2) is 8.93. The Balaban J connectivity index is 1.46. The number of amides is 1. The molecule has 2 aromatic heterocycles. The second-order valence-corrected chi connectivity index (χ2v) is 8.11. The van der Waals surface area contributed by atoms with Crippen molar-refractivity contribution in [3.63, 3.8) is 0 Å². The number of halogens is 5. The van der Waals surface area contributed by atoms with Crippen LogP contribution in [0.2, 0.25) is 5.02 Å². The van der Waals surface area contributed by atoms with Crippen molar-refractivity contribution in [3.05, 3.63) is 63.9 Å². The lowest BCUT2D eigenvalue weighted by Crippen LogP contribution is -2.21. The van der Waals surface area contributed by atoms with Crippen molar-refractivity contribution < 1.29 is 22.4 Å². The molecule has 0 saturated heterocycles. The first-order valence-corrected chi connectivity index (χ1v) is 10.5. The molecule has 6 nitrogen and oxygen atoms in total. The molecule has 0 aliphatic heterocycles. The second-order valence-electron chi connectivity index (χ2n) is 7.70. The zero-order chi connectivity index (χ0) is 22.9. The highest BCUT2D eigenvalue weighted by atomic mass is 35.5. The molecular formula is C21H20ClF4N5O. The van der Waals surface area contributed by atoms with Crippen LogP contribution >= 0.6 is 11.6 Å². The van der Waals surface area contributed by atoms with E-state index in [4.69, 9.17) is 11.6 Å². The number of nitrogens with zero attached hydrogens (tertiary/aromatic N) is 4. The lowest BCUT2D eigenvalue weighted by Gasteiger charge is -2.07. The van der Waals surface area contributed by atoms with Crippen molar-refractivity contribution in [1.82, 2.24) is 19.6 Å². The number of hydrogen-bond donors (Lipinski definition) is 1. The average Bonchev–Trinajstić information content (AvgIpc) is 3.19. The molecule has 1 N–H and O–H groups in total. The lowest BCUT2D eigenvalue weighted by atomic mass is 10.1. The van der Waals surface area contributed by atoms with Crippen LogP contribution in [0.4, 0.5) is 23.2 Å². The predicted molar refractivity (Wildman–Crippen MR) is 110 cm³/mol. The van der Waals surface area contributed by atoms with Crippen molar-refractivity contribution in [2.45, 2.75) is 51.4 Å². The number of benzene rings is 1. The van der Waals surface area contributed by atoms with Crippen LogP contribution in [-0.2, 0) is 36.9 Å². The largest absolute Gasteiger partial charge is 0.435 e. The molecule has 0 fully saturated rings. The third-order valence-electron chi connectivity index (χ3n) is 5.33. The first kappa shape index (κ1) is 22.3. The first-order valence-electron chi connectivity index (χ1n) is 10.1. The van der Waals surface area contributed by atoms with Gasteiger partial charge in [0.1, 0.15) is 12.4 Å². The van der Waals surface area contributed by atoms with E-state index in [-0.39, 0.29) is 23.7 Å². The summed E-state index contributed by atoms with van der Waals surface area (Å²) >= 11 is 6.02. The van der Waals surface area contributed by atoms with Crippen LogP contribution in [0.3, 0.4) is 0 Å². The van der Waals surface area contributed by atoms with Crippen molar-refractivity contribution >= 4 is 23.2 Å². The van der Waals surface area contributed by atoms with Crippen LogP contribution in [-0.4, -0.2) is 25.5 Å². The molecule has 0 unspecified atom stereocenters. The van der Waals surface area contributed by atoms with Crippen molar-refractivity contribution in [2.24, 2.45) is 0 Å². The van der Waals surface area contributed by atoms with Crippen molar-refractivity contribution in [3.8, 4) is 0 Å². The van der Waals surface area contributed by atoms with Gasteiger partial charge in [-0.1, -0.05) is 24.1 Å². The highest BCUT2D eigenvalue weighted by molar-refractivity contribution is 6.31. The number of nitrogens with one attached hydrogen (secondary N) is 1. The van der Waals surface area contributed by atoms with Crippen LogP contribution < -0.4 is 5.32 Å². The summed E-state index contributed by atoms with van der Waals surface area (Å²) in [7, 11) is 0. The van der Waals surface area contributed by atoms with Gasteiger partial charge in [-0.05, 0) is 43.4 Å². The number of carbonyl (C=O) groups is 1. The van der Waals surface area contributed by atoms with Gasteiger partial charge in [0.15, 0.2) is 5.69 Å². The van der Waals surface area contributed by atoms with Gasteiger partial charge in [-0.3, -0.25) is 14.2 Å². The monoisotopic (exact) mass is 469 g/mol. The topological polar surface area (TPSA) is 64.7 Å². The van der Waals surface area contributed by atoms with Gasteiger partial charge < -0.3 is 5.32 Å². The van der Waals surface area contributed by atoms with Gasteiger partial charge in [-0.2, -0.15) is 23.4 Å². The summed E-state index contributed by atoms with van der Waals surface area (Å²) in [4.78, 5) is 12.5. The molecule has 0 radical (unpaired) electrons. The summed E-state index contributed by atoms with van der Waals surface area (Å²) < 4.78 is 56.1. The van der Waals surface area contributed by atoms with Gasteiger partial charge in [0.25, 0.3) is 0 Å². The fourth-order valence-electron chi connectivity index (χ4n) is 3.88. The maximum atomic E-state index is 13.4. The minimum absolute atomic E-state index is 0.201. The third kappa shape index (κ3) is 4.95. The minimum Gasteiger partial charge on any atom is -0.322 e. The van der Waals surface area contributed by atoms with E-state index in [0.717, 1.165) is 12.8 Å². The Hall–Kier alpha value is -2.88. The number of rotatable bonds is 5. The molecule has 11 heteroatoms. The zero-order valence-electron chi connectivity index (χ0n) is 16.9. The van der Waals surface area contributed by atoms with Crippen LogP contribution in [0.1, 0.15) is 41.8 Å². The normalized spacial score (nSPS) is 14.2. The van der Waals surface area contributed by atoms with E-state index in [1.807, 2.05) is 0 Å². The molecule has 1 aliphatic carbocycles. The lowest BCUT2D eigenvalue weighted by molar-refractivity contribution is -0.142. The van der Waals surface area contributed by atoms with Crippen LogP contribution in [0.15, 0.2) is 30.6 Å². The molecule has 1 aromatic carbocycles. The Bertz CT molecular complexity index is 1140. The number of fused-ring (bicyclic) bond motifs is 1. The molecule has 0 bridgehead atoms. The molecule has 1 aliphatic rings. The summed E-state index contributed by atoms with van der Waals surface area (Å²) in [5.74, 6) is -0.954. The Morgan fingerprint density at radius 3 is 2.72 bits per heavy atom. The molecule has 1 amide bonds. The molecule has 0 atom stereocenters. The first-order chi connectivity index (χ1) is 15.2. The Kier molecular flexibility index (Phi) is 6.23. The van der Waals surface area contributed by atoms with E-state index in [9.17, 15) is 22.4 Å². The van der Waals surface area contributed by atoms with Gasteiger partial charge in [-0.15, -0.1) is 0 Å². The maximum absolute atomic E-state index is 13.4. The van der Waals surface area contributed by atoms with Crippen LogP contribution in [0.25, 0.3) is 0 Å². The SMILES string of the molecule is O=C(Cn1nc(C(F)(F)F)c2c1CCCCC2)Nc1cnn(Cc2ccc(F)cc2Cl)c1. The number of alkyl halides is 3. The smallest absolute Gasteiger partial charge is 0.322 e. The van der Waals surface area contributed by atoms with Gasteiger partial charge in [0.05, 0.1) is 18.4 Å². The van der Waals surface area contributed by atoms with E-state index in [1.54, 1.807) is 12.3 Å². The molecule has 4 rings (SSSR count). The molecular weight excluding hydrogens is 450 g/mol. The fraction of sp³-hybridized carbons (Fsp3) is 0.381. The van der Waals surface area contributed by atoms with Gasteiger partial charge in [0.2, 0.25) is 5.91 Å². The Morgan fingerprint density at radius 2 is 1.97 bits per heavy atom. The van der Waals surface area contributed by atoms with E-state index in [1.165, 1.54) is 27.7 Å². The molecule has 32 heavy (non-hydrogen) atoms. The zero-order valence-corrected chi connectivity index (χ0v) is 17.7. The Morgan fingerprint density at radius 1 is 1.19 bits per heavy atom. The van der Waals surface area contributed by atoms with Crippen LogP contribution in [0.5, 0.6) is 0 Å². The number of anilines is 1. The summed E-state index contributed by atoms with van der Waals surface area (Å²) in [5.41, 5.74) is 0.806. The van der Waals surface area contributed by atoms with E-state index in [2.05, 4.69) is 15.5 Å². The number of hydrogen-bond acceptors (Lipinski definition) is 3. The van der Waals surface area contributed by atoms with E-state index in [0.29, 0.717) is 36.2 Å². The summed E-state index contributed by atoms with van der Waals surface area (Å²) in [6, 6.07) is 4.03. The molecule has 2 heterocycles. The highest BCUT2D eigenvalue weighted by Gasteiger charge is 2.39. The standard InChI is InChI=1S/C21H20ClF4N5O/c22-17-8-14(23)7-6-13(17)10-30-11-15(9-27-30)28-19(32)12-31-18-5-3-1-2-4-16(18)20(29-31)21(24,25)26/h6-9,11H,1-5,10,12H2,(H,28,32). The van der Waals surface area contributed by atoms with Gasteiger partial charge in [-0.25, -0.2) is 4.39 Å². The van der Waals surface area contributed by atoms with Crippen molar-refractivity contribution in [2.75, 3.05) is 5.32 Å². The fourth-order valence-corrected chi connectivity index (χ4v) is 4.11. The van der Waals surface area contributed by atoms with Gasteiger partial charge in [0, 0.05) is 22.5 Å². The molecule has 3 aromatic rings. The molecule has 0 saturated carbocycles. The maximum Gasteiger partial charge on any atom is 0.435 e. The highest BCUT2D eigenvalue weighted by Crippen LogP contribution is 2.35. The Labute approximate surface area is 186 Å². The predicted octanol–water partition coefficient (Wildman–Crippen LogP) is 4.85. The van der Waals surface area contributed by atoms with E-state index < -0.39 is 23.6 Å².